The van der Waals surface area contributed by atoms with Gasteiger partial charge in [-0.15, -0.1) is 0 Å². The number of carboxylic acid groups (broad SMARTS) is 1. The van der Waals surface area contributed by atoms with Crippen LogP contribution in [0.4, 0.5) is 0 Å². The topological polar surface area (TPSA) is 175 Å². The largest absolute Gasteiger partial charge is 0.479 e. The van der Waals surface area contributed by atoms with Gasteiger partial charge in [-0.2, -0.15) is 0 Å². The molecule has 1 saturated heterocycles. The maximum absolute atomic E-state index is 13.1. The van der Waals surface area contributed by atoms with Crippen LogP contribution in [-0.2, 0) is 42.9 Å². The SMILES string of the molecule is CC/C=C\C/C=C\C/C=C\C/C=C\CCC(=O)OCC(COC1OC(C(=O)O)C(O)C(O)C1OC(=O)CCCCCCCCC/C=C\C/C=C\C/C=C\CC)OC(=O)CCCCCCC/C=C\CCCC. The van der Waals surface area contributed by atoms with Crippen molar-refractivity contribution in [2.75, 3.05) is 13.2 Å². The first kappa shape index (κ1) is 64.7. The molecule has 1 rings (SSSR count). The van der Waals surface area contributed by atoms with Crippen molar-refractivity contribution >= 4 is 23.9 Å². The van der Waals surface area contributed by atoms with Crippen molar-refractivity contribution in [3.05, 3.63) is 97.2 Å². The van der Waals surface area contributed by atoms with Gasteiger partial charge in [0.2, 0.25) is 0 Å². The first-order valence-corrected chi connectivity index (χ1v) is 27.2. The van der Waals surface area contributed by atoms with E-state index < -0.39 is 67.3 Å². The van der Waals surface area contributed by atoms with Crippen LogP contribution in [0.1, 0.15) is 201 Å². The molecular weight excluding hydrogens is 901 g/mol. The Bertz CT molecular complexity index is 1610. The first-order chi connectivity index (χ1) is 34.6. The van der Waals surface area contributed by atoms with E-state index in [-0.39, 0.29) is 25.9 Å². The van der Waals surface area contributed by atoms with Crippen LogP contribution in [0.15, 0.2) is 97.2 Å². The molecule has 0 amide bonds. The molecule has 6 atom stereocenters. The monoisotopic (exact) mass is 995 g/mol. The van der Waals surface area contributed by atoms with Gasteiger partial charge >= 0.3 is 23.9 Å². The number of ether oxygens (including phenoxy) is 5. The number of aliphatic carboxylic acids is 1. The quantitative estimate of drug-likeness (QED) is 0.0228. The predicted octanol–water partition coefficient (Wildman–Crippen LogP) is 13.3. The smallest absolute Gasteiger partial charge is 0.335 e. The Morgan fingerprint density at radius 2 is 0.915 bits per heavy atom. The molecule has 0 aromatic carbocycles. The number of hydrogen-bond acceptors (Lipinski definition) is 11. The minimum absolute atomic E-state index is 0.0374. The van der Waals surface area contributed by atoms with Crippen molar-refractivity contribution in [2.24, 2.45) is 0 Å². The van der Waals surface area contributed by atoms with Crippen LogP contribution in [0, 0.1) is 0 Å². The summed E-state index contributed by atoms with van der Waals surface area (Å²) in [7, 11) is 0. The molecule has 6 unspecified atom stereocenters. The molecule has 0 aromatic rings. The third-order valence-corrected chi connectivity index (χ3v) is 11.6. The Morgan fingerprint density at radius 1 is 0.479 bits per heavy atom. The molecule has 71 heavy (non-hydrogen) atoms. The molecule has 1 fully saturated rings. The number of unbranched alkanes of at least 4 members (excludes halogenated alkanes) is 14. The zero-order chi connectivity index (χ0) is 51.8. The van der Waals surface area contributed by atoms with Gasteiger partial charge in [0.1, 0.15) is 18.8 Å². The fourth-order valence-corrected chi connectivity index (χ4v) is 7.49. The lowest BCUT2D eigenvalue weighted by Gasteiger charge is -2.40. The van der Waals surface area contributed by atoms with Gasteiger partial charge in [0, 0.05) is 19.3 Å². The first-order valence-electron chi connectivity index (χ1n) is 27.2. The lowest BCUT2D eigenvalue weighted by atomic mass is 9.98. The molecule has 0 aliphatic carbocycles. The standard InChI is InChI=1S/C59H94O12/c1-4-7-10-13-16-19-22-24-25-26-27-29-32-35-38-41-44-47-53(62)70-57-55(64)54(63)56(58(65)66)71-59(57)68-49-50(69-52(61)46-43-40-37-34-30-21-18-15-12-9-6-3)48-67-51(60)45-42-39-36-33-31-28-23-20-17-14-11-8-5-2/h7-8,10-11,15-20,24-25,28,31,36,39,50,54-57,59,63-64H,4-6,9,12-14,21-23,26-27,29-30,32-35,37-38,40-49H2,1-3H3,(H,65,66)/b10-7-,11-8-,18-15-,19-16-,20-17-,25-24-,31-28-,39-36-. The summed E-state index contributed by atoms with van der Waals surface area (Å²) in [6.07, 6.45) is 48.4. The van der Waals surface area contributed by atoms with E-state index in [0.717, 1.165) is 128 Å². The number of aliphatic hydroxyl groups excluding tert-OH is 2. The number of esters is 3. The molecule has 3 N–H and O–H groups in total. The van der Waals surface area contributed by atoms with Gasteiger partial charge in [0.15, 0.2) is 24.6 Å². The van der Waals surface area contributed by atoms with Gasteiger partial charge in [-0.05, 0) is 96.3 Å². The Kier molecular flexibility index (Phi) is 42.5. The van der Waals surface area contributed by atoms with E-state index in [9.17, 15) is 34.5 Å². The summed E-state index contributed by atoms with van der Waals surface area (Å²) >= 11 is 0. The third-order valence-electron chi connectivity index (χ3n) is 11.6. The van der Waals surface area contributed by atoms with Gasteiger partial charge in [-0.1, -0.05) is 182 Å². The summed E-state index contributed by atoms with van der Waals surface area (Å²) in [5.74, 6) is -3.27. The molecule has 0 radical (unpaired) electrons. The minimum atomic E-state index is -1.92. The van der Waals surface area contributed by atoms with Gasteiger partial charge in [-0.3, -0.25) is 14.4 Å². The molecule has 12 heteroatoms. The average molecular weight is 995 g/mol. The number of carbonyl (C=O) groups is 4. The van der Waals surface area contributed by atoms with E-state index in [4.69, 9.17) is 23.7 Å². The fraction of sp³-hybridized carbons (Fsp3) is 0.661. The summed E-state index contributed by atoms with van der Waals surface area (Å²) in [4.78, 5) is 50.9. The third kappa shape index (κ3) is 37.1. The van der Waals surface area contributed by atoms with Gasteiger partial charge in [0.25, 0.3) is 0 Å². The highest BCUT2D eigenvalue weighted by Gasteiger charge is 2.50. The van der Waals surface area contributed by atoms with Crippen molar-refractivity contribution in [2.45, 2.75) is 237 Å². The number of allylic oxidation sites excluding steroid dienone is 16. The van der Waals surface area contributed by atoms with E-state index in [1.54, 1.807) is 0 Å². The van der Waals surface area contributed by atoms with Crippen LogP contribution < -0.4 is 0 Å². The molecule has 1 heterocycles. The van der Waals surface area contributed by atoms with Crippen LogP contribution >= 0.6 is 0 Å². The summed E-state index contributed by atoms with van der Waals surface area (Å²) in [5, 5.41) is 31.4. The number of hydrogen-bond donors (Lipinski definition) is 3. The maximum Gasteiger partial charge on any atom is 0.335 e. The maximum atomic E-state index is 13.1. The van der Waals surface area contributed by atoms with Crippen molar-refractivity contribution in [1.29, 1.82) is 0 Å². The van der Waals surface area contributed by atoms with E-state index in [1.807, 2.05) is 12.2 Å². The van der Waals surface area contributed by atoms with Gasteiger partial charge in [0.05, 0.1) is 6.61 Å². The zero-order valence-electron chi connectivity index (χ0n) is 43.9. The van der Waals surface area contributed by atoms with Gasteiger partial charge < -0.3 is 39.0 Å². The normalized spacial score (nSPS) is 19.3. The fourth-order valence-electron chi connectivity index (χ4n) is 7.49. The Labute approximate surface area is 428 Å². The van der Waals surface area contributed by atoms with Crippen LogP contribution in [0.2, 0.25) is 0 Å². The lowest BCUT2D eigenvalue weighted by Crippen LogP contribution is -2.61. The van der Waals surface area contributed by atoms with E-state index in [2.05, 4.69) is 106 Å². The Hall–Kier alpha value is -4.36. The molecular formula is C59H94O12. The summed E-state index contributed by atoms with van der Waals surface area (Å²) in [6, 6.07) is 0. The van der Waals surface area contributed by atoms with E-state index in [1.165, 1.54) is 12.8 Å². The predicted molar refractivity (Wildman–Crippen MR) is 284 cm³/mol. The highest BCUT2D eigenvalue weighted by atomic mass is 16.7. The van der Waals surface area contributed by atoms with Crippen molar-refractivity contribution < 1.29 is 58.2 Å². The number of carboxylic acids is 1. The van der Waals surface area contributed by atoms with E-state index in [0.29, 0.717) is 19.3 Å². The molecule has 402 valence electrons. The number of carbonyl (C=O) groups excluding carboxylic acids is 3. The second kappa shape index (κ2) is 46.7. The highest BCUT2D eigenvalue weighted by molar-refractivity contribution is 5.74. The summed E-state index contributed by atoms with van der Waals surface area (Å²) in [6.45, 7) is 5.62. The van der Waals surface area contributed by atoms with Crippen LogP contribution in [0.5, 0.6) is 0 Å². The Morgan fingerprint density at radius 3 is 1.42 bits per heavy atom. The summed E-state index contributed by atoms with van der Waals surface area (Å²) in [5.41, 5.74) is 0. The van der Waals surface area contributed by atoms with E-state index >= 15 is 0 Å². The highest BCUT2D eigenvalue weighted by Crippen LogP contribution is 2.26. The molecule has 1 aliphatic heterocycles. The molecule has 0 saturated carbocycles. The summed E-state index contributed by atoms with van der Waals surface area (Å²) < 4.78 is 28.2. The van der Waals surface area contributed by atoms with Crippen molar-refractivity contribution in [3.8, 4) is 0 Å². The molecule has 0 spiro atoms. The van der Waals surface area contributed by atoms with Crippen LogP contribution in [0.3, 0.4) is 0 Å². The minimum Gasteiger partial charge on any atom is -0.479 e. The number of rotatable bonds is 44. The molecule has 1 aliphatic rings. The second-order valence-corrected chi connectivity index (χ2v) is 18.1. The number of aliphatic hydroxyl groups is 2. The molecule has 0 aromatic heterocycles. The van der Waals surface area contributed by atoms with Gasteiger partial charge in [-0.25, -0.2) is 4.79 Å². The zero-order valence-corrected chi connectivity index (χ0v) is 43.9. The Balaban J connectivity index is 2.75. The van der Waals surface area contributed by atoms with Crippen molar-refractivity contribution in [1.82, 2.24) is 0 Å². The van der Waals surface area contributed by atoms with Crippen molar-refractivity contribution in [3.63, 3.8) is 0 Å². The second-order valence-electron chi connectivity index (χ2n) is 18.1. The molecule has 12 nitrogen and oxygen atoms in total. The van der Waals surface area contributed by atoms with Crippen LogP contribution in [-0.4, -0.2) is 89.2 Å². The lowest BCUT2D eigenvalue weighted by molar-refractivity contribution is -0.301. The average Bonchev–Trinajstić information content (AvgIpc) is 3.35. The molecule has 0 bridgehead atoms. The van der Waals surface area contributed by atoms with Crippen LogP contribution in [0.25, 0.3) is 0 Å².